The minimum atomic E-state index is -1.19. The Morgan fingerprint density at radius 1 is 1.71 bits per heavy atom. The molecule has 0 unspecified atom stereocenters. The second-order valence-electron chi connectivity index (χ2n) is 4.34. The van der Waals surface area contributed by atoms with Crippen LogP contribution in [0.1, 0.15) is 19.8 Å². The van der Waals surface area contributed by atoms with Crippen molar-refractivity contribution in [3.8, 4) is 6.07 Å². The number of β-lactam (4-membered cyclic amide) rings is 1. The first-order valence-corrected chi connectivity index (χ1v) is 5.32. The number of rotatable bonds is 3. The summed E-state index contributed by atoms with van der Waals surface area (Å²) in [6, 6.07) is 1.61. The number of carbonyl (C=O) groups is 2. The number of hydrogen-bond acceptors (Lipinski definition) is 4. The van der Waals surface area contributed by atoms with Crippen LogP contribution in [-0.2, 0) is 9.59 Å². The van der Waals surface area contributed by atoms with E-state index in [1.165, 1.54) is 11.8 Å². The zero-order chi connectivity index (χ0) is 12.7. The first-order chi connectivity index (χ1) is 7.99. The fraction of sp³-hybridized carbons (Fsp3) is 0.545. The van der Waals surface area contributed by atoms with Crippen molar-refractivity contribution >= 4 is 11.9 Å². The molecule has 0 aromatic carbocycles. The number of nitrogens with zero attached hydrogens (tertiary/aromatic N) is 2. The van der Waals surface area contributed by atoms with Gasteiger partial charge in [-0.1, -0.05) is 0 Å². The van der Waals surface area contributed by atoms with E-state index < -0.39 is 18.0 Å². The highest BCUT2D eigenvalue weighted by molar-refractivity contribution is 5.99. The maximum atomic E-state index is 11.7. The van der Waals surface area contributed by atoms with Crippen LogP contribution in [0.25, 0.3) is 0 Å². The summed E-state index contributed by atoms with van der Waals surface area (Å²) in [4.78, 5) is 24.0. The van der Waals surface area contributed by atoms with E-state index in [9.17, 15) is 14.7 Å². The molecule has 0 bridgehead atoms. The fourth-order valence-electron chi connectivity index (χ4n) is 2.61. The summed E-state index contributed by atoms with van der Waals surface area (Å²) in [7, 11) is 0. The summed E-state index contributed by atoms with van der Waals surface area (Å²) >= 11 is 0. The van der Waals surface area contributed by atoms with Crippen molar-refractivity contribution in [1.82, 2.24) is 4.90 Å². The monoisotopic (exact) mass is 236 g/mol. The Hall–Kier alpha value is -1.87. The van der Waals surface area contributed by atoms with E-state index in [-0.39, 0.29) is 24.1 Å². The minimum absolute atomic E-state index is 0.00838. The molecule has 3 atom stereocenters. The molecule has 0 aromatic rings. The van der Waals surface area contributed by atoms with Gasteiger partial charge in [-0.2, -0.15) is 5.26 Å². The predicted molar refractivity (Wildman–Crippen MR) is 55.3 cm³/mol. The number of amides is 1. The maximum Gasteiger partial charge on any atom is 0.352 e. The summed E-state index contributed by atoms with van der Waals surface area (Å²) in [5.41, 5.74) is 0.403. The Labute approximate surface area is 97.8 Å². The number of carboxylic acids is 1. The van der Waals surface area contributed by atoms with E-state index in [1.54, 1.807) is 0 Å². The number of aliphatic hydroxyl groups excluding tert-OH is 1. The number of hydrogen-bond donors (Lipinski definition) is 2. The van der Waals surface area contributed by atoms with E-state index in [1.807, 2.05) is 6.07 Å². The Balaban J connectivity index is 2.30. The average Bonchev–Trinajstić information content (AvgIpc) is 2.53. The van der Waals surface area contributed by atoms with Gasteiger partial charge in [-0.25, -0.2) is 4.79 Å². The number of fused-ring (bicyclic) bond motifs is 1. The second-order valence-corrected chi connectivity index (χ2v) is 4.34. The molecule has 1 fully saturated rings. The number of nitriles is 1. The van der Waals surface area contributed by atoms with Crippen molar-refractivity contribution in [2.24, 2.45) is 5.92 Å². The van der Waals surface area contributed by atoms with Crippen LogP contribution >= 0.6 is 0 Å². The van der Waals surface area contributed by atoms with Crippen molar-refractivity contribution in [2.75, 3.05) is 0 Å². The van der Waals surface area contributed by atoms with E-state index in [0.717, 1.165) is 0 Å². The van der Waals surface area contributed by atoms with Crippen molar-refractivity contribution in [1.29, 1.82) is 5.26 Å². The van der Waals surface area contributed by atoms with Gasteiger partial charge in [0.2, 0.25) is 5.91 Å². The van der Waals surface area contributed by atoms with Gasteiger partial charge in [0, 0.05) is 0 Å². The molecule has 2 N–H and O–H groups in total. The molecule has 2 heterocycles. The van der Waals surface area contributed by atoms with Crippen LogP contribution in [0.2, 0.25) is 0 Å². The number of aliphatic hydroxyl groups is 1. The third-order valence-corrected chi connectivity index (χ3v) is 3.31. The Morgan fingerprint density at radius 3 is 2.82 bits per heavy atom. The standard InChI is InChI=1S/C11H12N2O4/c1-5(14)8-7-4-6(2-3-12)9(11(16)17)13(7)10(8)15/h5,7-8,14H,2,4H2,1H3,(H,16,17)/t5-,7-,8-/m1/s1. The molecule has 17 heavy (non-hydrogen) atoms. The molecular weight excluding hydrogens is 224 g/mol. The molecule has 0 spiro atoms. The SMILES string of the molecule is C[C@@H](O)[C@H]1C(=O)N2C(C(=O)O)=C(CC#N)C[C@H]12. The van der Waals surface area contributed by atoms with Crippen LogP contribution in [-0.4, -0.2) is 39.1 Å². The highest BCUT2D eigenvalue weighted by atomic mass is 16.4. The molecule has 0 radical (unpaired) electrons. The quantitative estimate of drug-likeness (QED) is 0.663. The summed E-state index contributed by atoms with van der Waals surface area (Å²) in [6.45, 7) is 1.52. The topological polar surface area (TPSA) is 102 Å². The molecule has 2 aliphatic heterocycles. The van der Waals surface area contributed by atoms with Crippen LogP contribution in [0.5, 0.6) is 0 Å². The third kappa shape index (κ3) is 1.51. The first kappa shape index (κ1) is 11.6. The predicted octanol–water partition coefficient (Wildman–Crippen LogP) is -0.150. The van der Waals surface area contributed by atoms with Crippen LogP contribution in [0.15, 0.2) is 11.3 Å². The van der Waals surface area contributed by atoms with Crippen LogP contribution < -0.4 is 0 Å². The largest absolute Gasteiger partial charge is 0.477 e. The van der Waals surface area contributed by atoms with Crippen LogP contribution in [0, 0.1) is 17.2 Å². The van der Waals surface area contributed by atoms with Gasteiger partial charge in [-0.05, 0) is 18.9 Å². The Bertz CT molecular complexity index is 461. The lowest BCUT2D eigenvalue weighted by Crippen LogP contribution is -2.61. The van der Waals surface area contributed by atoms with Crippen molar-refractivity contribution < 1.29 is 19.8 Å². The molecule has 0 aliphatic carbocycles. The maximum absolute atomic E-state index is 11.7. The summed E-state index contributed by atoms with van der Waals surface area (Å²) in [6.07, 6.45) is -0.412. The number of carbonyl (C=O) groups excluding carboxylic acids is 1. The van der Waals surface area contributed by atoms with Gasteiger partial charge in [-0.15, -0.1) is 0 Å². The van der Waals surface area contributed by atoms with E-state index in [0.29, 0.717) is 12.0 Å². The fourth-order valence-corrected chi connectivity index (χ4v) is 2.61. The van der Waals surface area contributed by atoms with Crippen molar-refractivity contribution in [3.63, 3.8) is 0 Å². The second kappa shape index (κ2) is 3.86. The normalized spacial score (nSPS) is 28.5. The highest BCUT2D eigenvalue weighted by Gasteiger charge is 2.56. The molecule has 6 nitrogen and oxygen atoms in total. The molecule has 6 heteroatoms. The summed E-state index contributed by atoms with van der Waals surface area (Å²) in [5.74, 6) is -2.09. The van der Waals surface area contributed by atoms with Gasteiger partial charge >= 0.3 is 5.97 Å². The number of carboxylic acid groups (broad SMARTS) is 1. The Kier molecular flexibility index (Phi) is 2.63. The Morgan fingerprint density at radius 2 is 2.35 bits per heavy atom. The lowest BCUT2D eigenvalue weighted by Gasteiger charge is -2.44. The average molecular weight is 236 g/mol. The summed E-state index contributed by atoms with van der Waals surface area (Å²) < 4.78 is 0. The van der Waals surface area contributed by atoms with Gasteiger partial charge in [0.05, 0.1) is 30.6 Å². The van der Waals surface area contributed by atoms with Crippen LogP contribution in [0.4, 0.5) is 0 Å². The van der Waals surface area contributed by atoms with Gasteiger partial charge in [0.25, 0.3) is 0 Å². The number of aliphatic carboxylic acids is 1. The van der Waals surface area contributed by atoms with Gasteiger partial charge in [0.15, 0.2) is 0 Å². The summed E-state index contributed by atoms with van der Waals surface area (Å²) in [5, 5.41) is 27.1. The molecule has 1 saturated heterocycles. The molecule has 0 aromatic heterocycles. The molecular formula is C11H12N2O4. The molecule has 2 aliphatic rings. The van der Waals surface area contributed by atoms with Gasteiger partial charge < -0.3 is 15.1 Å². The van der Waals surface area contributed by atoms with Crippen LogP contribution in [0.3, 0.4) is 0 Å². The van der Waals surface area contributed by atoms with E-state index in [2.05, 4.69) is 0 Å². The highest BCUT2D eigenvalue weighted by Crippen LogP contribution is 2.44. The molecule has 2 rings (SSSR count). The van der Waals surface area contributed by atoms with E-state index >= 15 is 0 Å². The zero-order valence-electron chi connectivity index (χ0n) is 9.25. The third-order valence-electron chi connectivity index (χ3n) is 3.31. The van der Waals surface area contributed by atoms with Gasteiger partial charge in [0.1, 0.15) is 5.70 Å². The smallest absolute Gasteiger partial charge is 0.352 e. The lowest BCUT2D eigenvalue weighted by molar-refractivity contribution is -0.161. The van der Waals surface area contributed by atoms with Gasteiger partial charge in [-0.3, -0.25) is 4.79 Å². The first-order valence-electron chi connectivity index (χ1n) is 5.32. The lowest BCUT2D eigenvalue weighted by atomic mass is 9.83. The molecule has 90 valence electrons. The zero-order valence-corrected chi connectivity index (χ0v) is 9.25. The van der Waals surface area contributed by atoms with E-state index in [4.69, 9.17) is 10.4 Å². The van der Waals surface area contributed by atoms with Crippen molar-refractivity contribution in [3.05, 3.63) is 11.3 Å². The minimum Gasteiger partial charge on any atom is -0.477 e. The molecule has 1 amide bonds. The van der Waals surface area contributed by atoms with Crippen molar-refractivity contribution in [2.45, 2.75) is 31.9 Å². The molecule has 0 saturated carbocycles.